The Labute approximate surface area is 93.4 Å². The standard InChI is InChI=1S/C12H23NS/c1-4-12(5-2)13-10-8-6-7-9-11-14-3/h1,12-13H,5-11H2,2-3H3. The number of hydrogen-bond acceptors (Lipinski definition) is 2. The lowest BCUT2D eigenvalue weighted by molar-refractivity contribution is 0.551. The van der Waals surface area contributed by atoms with E-state index in [1.807, 2.05) is 11.8 Å². The molecule has 1 atom stereocenters. The van der Waals surface area contributed by atoms with Gasteiger partial charge in [0.2, 0.25) is 0 Å². The molecule has 1 nitrogen and oxygen atoms in total. The largest absolute Gasteiger partial charge is 0.304 e. The monoisotopic (exact) mass is 213 g/mol. The van der Waals surface area contributed by atoms with Crippen molar-refractivity contribution < 1.29 is 0 Å². The third-order valence-corrected chi connectivity index (χ3v) is 2.97. The summed E-state index contributed by atoms with van der Waals surface area (Å²) in [5.74, 6) is 4.05. The first-order valence-corrected chi connectivity index (χ1v) is 6.93. The van der Waals surface area contributed by atoms with Crippen LogP contribution in [0.4, 0.5) is 0 Å². The van der Waals surface area contributed by atoms with Crippen molar-refractivity contribution in [3.8, 4) is 12.3 Å². The summed E-state index contributed by atoms with van der Waals surface area (Å²) >= 11 is 1.94. The number of unbranched alkanes of at least 4 members (excludes halogenated alkanes) is 3. The lowest BCUT2D eigenvalue weighted by Gasteiger charge is -2.09. The van der Waals surface area contributed by atoms with Gasteiger partial charge in [-0.25, -0.2) is 0 Å². The predicted molar refractivity (Wildman–Crippen MR) is 67.8 cm³/mol. The summed E-state index contributed by atoms with van der Waals surface area (Å²) in [5, 5.41) is 3.37. The zero-order valence-electron chi connectivity index (χ0n) is 9.51. The molecule has 0 rings (SSSR count). The third kappa shape index (κ3) is 8.47. The van der Waals surface area contributed by atoms with E-state index in [2.05, 4.69) is 24.4 Å². The molecule has 1 unspecified atom stereocenters. The summed E-state index contributed by atoms with van der Waals surface area (Å²) in [6.07, 6.45) is 13.8. The molecule has 0 heterocycles. The van der Waals surface area contributed by atoms with Crippen molar-refractivity contribution >= 4 is 11.8 Å². The second kappa shape index (κ2) is 10.9. The molecular weight excluding hydrogens is 190 g/mol. The molecule has 82 valence electrons. The first kappa shape index (κ1) is 13.9. The number of thioether (sulfide) groups is 1. The second-order valence-electron chi connectivity index (χ2n) is 3.49. The van der Waals surface area contributed by atoms with E-state index >= 15 is 0 Å². The maximum atomic E-state index is 5.35. The van der Waals surface area contributed by atoms with Gasteiger partial charge < -0.3 is 5.32 Å². The van der Waals surface area contributed by atoms with Gasteiger partial charge in [-0.2, -0.15) is 11.8 Å². The zero-order valence-corrected chi connectivity index (χ0v) is 10.3. The smallest absolute Gasteiger partial charge is 0.0684 e. The molecule has 0 amide bonds. The second-order valence-corrected chi connectivity index (χ2v) is 4.47. The van der Waals surface area contributed by atoms with E-state index in [1.165, 1.54) is 31.4 Å². The van der Waals surface area contributed by atoms with E-state index in [0.29, 0.717) is 0 Å². The van der Waals surface area contributed by atoms with Crippen molar-refractivity contribution in [2.75, 3.05) is 18.6 Å². The van der Waals surface area contributed by atoms with E-state index in [9.17, 15) is 0 Å². The topological polar surface area (TPSA) is 12.0 Å². The van der Waals surface area contributed by atoms with Crippen LogP contribution in [0.3, 0.4) is 0 Å². The van der Waals surface area contributed by atoms with E-state index < -0.39 is 0 Å². The Morgan fingerprint density at radius 1 is 1.29 bits per heavy atom. The summed E-state index contributed by atoms with van der Waals surface area (Å²) in [5.41, 5.74) is 0. The highest BCUT2D eigenvalue weighted by atomic mass is 32.2. The van der Waals surface area contributed by atoms with Crippen LogP contribution in [0.2, 0.25) is 0 Å². The first-order valence-electron chi connectivity index (χ1n) is 5.53. The highest BCUT2D eigenvalue weighted by Crippen LogP contribution is 2.04. The summed E-state index contributed by atoms with van der Waals surface area (Å²) in [7, 11) is 0. The van der Waals surface area contributed by atoms with Gasteiger partial charge in [-0.05, 0) is 37.8 Å². The molecule has 0 saturated carbocycles. The number of hydrogen-bond donors (Lipinski definition) is 1. The molecule has 2 heteroatoms. The van der Waals surface area contributed by atoms with Crippen LogP contribution in [-0.4, -0.2) is 24.6 Å². The van der Waals surface area contributed by atoms with Gasteiger partial charge in [0, 0.05) is 0 Å². The van der Waals surface area contributed by atoms with Crippen LogP contribution >= 0.6 is 11.8 Å². The van der Waals surface area contributed by atoms with Crippen LogP contribution in [0.5, 0.6) is 0 Å². The average molecular weight is 213 g/mol. The van der Waals surface area contributed by atoms with E-state index in [4.69, 9.17) is 6.42 Å². The highest BCUT2D eigenvalue weighted by Gasteiger charge is 1.98. The fraction of sp³-hybridized carbons (Fsp3) is 0.833. The van der Waals surface area contributed by atoms with Crippen LogP contribution in [0, 0.1) is 12.3 Å². The Morgan fingerprint density at radius 2 is 2.00 bits per heavy atom. The van der Waals surface area contributed by atoms with Gasteiger partial charge in [0.25, 0.3) is 0 Å². The maximum Gasteiger partial charge on any atom is 0.0684 e. The zero-order chi connectivity index (χ0) is 10.6. The van der Waals surface area contributed by atoms with Gasteiger partial charge in [-0.15, -0.1) is 6.42 Å². The Morgan fingerprint density at radius 3 is 2.57 bits per heavy atom. The minimum Gasteiger partial charge on any atom is -0.304 e. The number of rotatable bonds is 9. The molecule has 0 aliphatic rings. The molecule has 1 N–H and O–H groups in total. The maximum absolute atomic E-state index is 5.35. The van der Waals surface area contributed by atoms with Gasteiger partial charge in [-0.1, -0.05) is 25.7 Å². The van der Waals surface area contributed by atoms with Crippen LogP contribution < -0.4 is 5.32 Å². The summed E-state index contributed by atoms with van der Waals surface area (Å²) in [6.45, 7) is 3.19. The Hall–Kier alpha value is -0.130. The van der Waals surface area contributed by atoms with Crippen LogP contribution in [0.25, 0.3) is 0 Å². The Kier molecular flexibility index (Phi) is 10.8. The van der Waals surface area contributed by atoms with Gasteiger partial charge in [0.1, 0.15) is 0 Å². The molecule has 0 bridgehead atoms. The molecule has 0 aliphatic heterocycles. The summed E-state index contributed by atoms with van der Waals surface area (Å²) in [6, 6.07) is 0.279. The molecule has 0 radical (unpaired) electrons. The number of terminal acetylenes is 1. The highest BCUT2D eigenvalue weighted by molar-refractivity contribution is 7.98. The van der Waals surface area contributed by atoms with Gasteiger partial charge >= 0.3 is 0 Å². The van der Waals surface area contributed by atoms with Crippen molar-refractivity contribution in [2.45, 2.75) is 45.1 Å². The van der Waals surface area contributed by atoms with Crippen molar-refractivity contribution in [2.24, 2.45) is 0 Å². The lowest BCUT2D eigenvalue weighted by atomic mass is 10.2. The molecule has 0 fully saturated rings. The Balaban J connectivity index is 3.09. The predicted octanol–water partition coefficient (Wildman–Crippen LogP) is 2.91. The SMILES string of the molecule is C#CC(CC)NCCCCCCSC. The molecule has 0 spiro atoms. The van der Waals surface area contributed by atoms with Crippen LogP contribution in [0.15, 0.2) is 0 Å². The van der Waals surface area contributed by atoms with Crippen molar-refractivity contribution in [1.82, 2.24) is 5.32 Å². The quantitative estimate of drug-likeness (QED) is 0.467. The van der Waals surface area contributed by atoms with Crippen LogP contribution in [-0.2, 0) is 0 Å². The average Bonchev–Trinajstić information content (AvgIpc) is 2.22. The molecule has 0 aliphatic carbocycles. The van der Waals surface area contributed by atoms with Gasteiger partial charge in [0.05, 0.1) is 6.04 Å². The Bertz CT molecular complexity index is 151. The van der Waals surface area contributed by atoms with Gasteiger partial charge in [-0.3, -0.25) is 0 Å². The fourth-order valence-corrected chi connectivity index (χ4v) is 1.82. The fourth-order valence-electron chi connectivity index (χ4n) is 1.32. The summed E-state index contributed by atoms with van der Waals surface area (Å²) < 4.78 is 0. The van der Waals surface area contributed by atoms with Crippen molar-refractivity contribution in [3.05, 3.63) is 0 Å². The van der Waals surface area contributed by atoms with Crippen molar-refractivity contribution in [3.63, 3.8) is 0 Å². The number of nitrogens with one attached hydrogen (secondary N) is 1. The van der Waals surface area contributed by atoms with Crippen LogP contribution in [0.1, 0.15) is 39.0 Å². The molecule has 0 aromatic carbocycles. The molecule has 14 heavy (non-hydrogen) atoms. The van der Waals surface area contributed by atoms with E-state index in [0.717, 1.165) is 13.0 Å². The first-order chi connectivity index (χ1) is 6.85. The molecule has 0 aromatic rings. The van der Waals surface area contributed by atoms with E-state index in [-0.39, 0.29) is 6.04 Å². The normalized spacial score (nSPS) is 12.4. The minimum atomic E-state index is 0.279. The molecule has 0 aromatic heterocycles. The minimum absolute atomic E-state index is 0.279. The third-order valence-electron chi connectivity index (χ3n) is 2.28. The van der Waals surface area contributed by atoms with E-state index in [1.54, 1.807) is 0 Å². The van der Waals surface area contributed by atoms with Crippen molar-refractivity contribution in [1.29, 1.82) is 0 Å². The lowest BCUT2D eigenvalue weighted by Crippen LogP contribution is -2.27. The molecule has 0 saturated heterocycles. The molecular formula is C12H23NS. The summed E-state index contributed by atoms with van der Waals surface area (Å²) in [4.78, 5) is 0. The van der Waals surface area contributed by atoms with Gasteiger partial charge in [0.15, 0.2) is 0 Å².